The van der Waals surface area contributed by atoms with Gasteiger partial charge in [-0.2, -0.15) is 0 Å². The first-order valence-corrected chi connectivity index (χ1v) is 12.9. The number of rotatable bonds is 4. The van der Waals surface area contributed by atoms with E-state index in [9.17, 15) is 14.4 Å². The third-order valence-corrected chi connectivity index (χ3v) is 7.72. The van der Waals surface area contributed by atoms with Crippen LogP contribution in [0.25, 0.3) is 17.0 Å². The predicted octanol–water partition coefficient (Wildman–Crippen LogP) is 3.30. The number of aromatic nitrogens is 1. The molecule has 3 N–H and O–H groups in total. The molecular formula is C30H24N4O6. The van der Waals surface area contributed by atoms with E-state index in [0.29, 0.717) is 29.2 Å². The summed E-state index contributed by atoms with van der Waals surface area (Å²) in [5.41, 5.74) is 6.54. The summed E-state index contributed by atoms with van der Waals surface area (Å²) in [5, 5.41) is 9.70. The number of H-pyrrole nitrogens is 1. The molecule has 2 atom stereocenters. The highest BCUT2D eigenvalue weighted by Crippen LogP contribution is 2.45. The van der Waals surface area contributed by atoms with Crippen molar-refractivity contribution in [1.29, 1.82) is 0 Å². The van der Waals surface area contributed by atoms with Crippen molar-refractivity contribution in [1.82, 2.24) is 15.4 Å². The van der Waals surface area contributed by atoms with E-state index in [1.54, 1.807) is 34.6 Å². The second-order valence-electron chi connectivity index (χ2n) is 9.92. The molecule has 200 valence electrons. The van der Waals surface area contributed by atoms with E-state index in [2.05, 4.69) is 4.98 Å². The molecular weight excluding hydrogens is 512 g/mol. The number of carbonyl (C=O) groups is 3. The lowest BCUT2D eigenvalue weighted by Crippen LogP contribution is -2.63. The Morgan fingerprint density at radius 2 is 1.82 bits per heavy atom. The van der Waals surface area contributed by atoms with Crippen LogP contribution in [0.5, 0.6) is 11.5 Å². The number of hydroxylamine groups is 1. The van der Waals surface area contributed by atoms with Gasteiger partial charge in [-0.25, -0.2) is 5.48 Å². The molecule has 4 aromatic rings. The number of nitrogens with one attached hydrogen (secondary N) is 2. The molecule has 0 radical (unpaired) electrons. The van der Waals surface area contributed by atoms with Crippen LogP contribution in [0.3, 0.4) is 0 Å². The Bertz CT molecular complexity index is 1710. The minimum Gasteiger partial charge on any atom is -0.454 e. The number of para-hydroxylation sites is 1. The summed E-state index contributed by atoms with van der Waals surface area (Å²) >= 11 is 0. The highest BCUT2D eigenvalue weighted by atomic mass is 16.7. The molecule has 0 saturated carbocycles. The Hall–Kier alpha value is -5.09. The standard InChI is InChI=1S/C30H24N4O6/c35-26(32-38)12-7-17-5-9-19(10-6-17)33-15-27(36)34-23(30(33)37)14-21-20-3-1-2-4-22(20)31-28(21)29(34)18-8-11-24-25(13-18)40-16-39-24/h1-13,23,29,31,38H,14-16H2,(H,32,35)/b12-7+/t23-,29+/m0/s1. The van der Waals surface area contributed by atoms with Gasteiger partial charge in [0.05, 0.1) is 6.04 Å². The molecule has 3 aliphatic heterocycles. The number of hydrogen-bond acceptors (Lipinski definition) is 6. The highest BCUT2D eigenvalue weighted by molar-refractivity contribution is 6.08. The number of hydrogen-bond donors (Lipinski definition) is 3. The normalized spacial score (nSPS) is 19.7. The lowest BCUT2D eigenvalue weighted by atomic mass is 9.86. The Morgan fingerprint density at radius 3 is 2.65 bits per heavy atom. The van der Waals surface area contributed by atoms with Gasteiger partial charge in [0.1, 0.15) is 12.6 Å². The summed E-state index contributed by atoms with van der Waals surface area (Å²) in [6.45, 7) is 0.0388. The predicted molar refractivity (Wildman–Crippen MR) is 145 cm³/mol. The summed E-state index contributed by atoms with van der Waals surface area (Å²) in [6, 6.07) is 19.4. The number of carbonyl (C=O) groups excluding carboxylic acids is 3. The number of amides is 3. The third-order valence-electron chi connectivity index (χ3n) is 7.72. The Morgan fingerprint density at radius 1 is 1.02 bits per heavy atom. The molecule has 0 bridgehead atoms. The van der Waals surface area contributed by atoms with Crippen LogP contribution in [0.2, 0.25) is 0 Å². The van der Waals surface area contributed by atoms with Gasteiger partial charge in [-0.1, -0.05) is 36.4 Å². The molecule has 10 nitrogen and oxygen atoms in total. The van der Waals surface area contributed by atoms with E-state index in [0.717, 1.165) is 27.7 Å². The fraction of sp³-hybridized carbons (Fsp3) is 0.167. The lowest BCUT2D eigenvalue weighted by molar-refractivity contribution is -0.145. The van der Waals surface area contributed by atoms with Crippen LogP contribution >= 0.6 is 0 Å². The van der Waals surface area contributed by atoms with Crippen molar-refractivity contribution in [3.8, 4) is 11.5 Å². The number of fused-ring (bicyclic) bond motifs is 5. The number of anilines is 1. The van der Waals surface area contributed by atoms with Crippen LogP contribution < -0.4 is 19.9 Å². The molecule has 0 aliphatic carbocycles. The summed E-state index contributed by atoms with van der Waals surface area (Å²) < 4.78 is 11.1. The fourth-order valence-corrected chi connectivity index (χ4v) is 5.89. The lowest BCUT2D eigenvalue weighted by Gasteiger charge is -2.47. The zero-order valence-electron chi connectivity index (χ0n) is 21.2. The number of aromatic amines is 1. The van der Waals surface area contributed by atoms with E-state index >= 15 is 0 Å². The minimum absolute atomic E-state index is 0.103. The van der Waals surface area contributed by atoms with Crippen molar-refractivity contribution in [2.45, 2.75) is 18.5 Å². The first-order chi connectivity index (χ1) is 19.5. The van der Waals surface area contributed by atoms with Crippen molar-refractivity contribution >= 4 is 40.4 Å². The van der Waals surface area contributed by atoms with Gasteiger partial charge in [0.15, 0.2) is 11.5 Å². The largest absolute Gasteiger partial charge is 0.454 e. The van der Waals surface area contributed by atoms with Crippen LogP contribution in [0.1, 0.15) is 28.4 Å². The van der Waals surface area contributed by atoms with Gasteiger partial charge in [0, 0.05) is 34.8 Å². The van der Waals surface area contributed by atoms with Crippen molar-refractivity contribution in [3.63, 3.8) is 0 Å². The van der Waals surface area contributed by atoms with Gasteiger partial charge in [-0.05, 0) is 53.1 Å². The molecule has 3 aromatic carbocycles. The zero-order valence-corrected chi connectivity index (χ0v) is 21.2. The van der Waals surface area contributed by atoms with E-state index in [4.69, 9.17) is 14.7 Å². The molecule has 40 heavy (non-hydrogen) atoms. The van der Waals surface area contributed by atoms with Gasteiger partial charge in [0.25, 0.3) is 11.8 Å². The van der Waals surface area contributed by atoms with Gasteiger partial charge in [0.2, 0.25) is 12.7 Å². The minimum atomic E-state index is -0.698. The quantitative estimate of drug-likeness (QED) is 0.209. The molecule has 0 unspecified atom stereocenters. The van der Waals surface area contributed by atoms with Gasteiger partial charge < -0.3 is 24.3 Å². The highest BCUT2D eigenvalue weighted by Gasteiger charge is 2.48. The monoisotopic (exact) mass is 536 g/mol. The second-order valence-corrected chi connectivity index (χ2v) is 9.92. The number of piperazine rings is 1. The van der Waals surface area contributed by atoms with E-state index in [1.807, 2.05) is 42.5 Å². The maximum Gasteiger partial charge on any atom is 0.267 e. The summed E-state index contributed by atoms with van der Waals surface area (Å²) in [7, 11) is 0. The maximum absolute atomic E-state index is 14.1. The Balaban J connectivity index is 1.28. The molecule has 7 rings (SSSR count). The summed E-state index contributed by atoms with van der Waals surface area (Å²) in [6.07, 6.45) is 3.12. The molecule has 3 aliphatic rings. The molecule has 10 heteroatoms. The first-order valence-electron chi connectivity index (χ1n) is 12.9. The van der Waals surface area contributed by atoms with E-state index in [1.165, 1.54) is 17.1 Å². The Kier molecular flexibility index (Phi) is 5.56. The van der Waals surface area contributed by atoms with E-state index in [-0.39, 0.29) is 25.2 Å². The molecule has 1 aromatic heterocycles. The van der Waals surface area contributed by atoms with Crippen molar-refractivity contribution in [2.75, 3.05) is 18.2 Å². The fourth-order valence-electron chi connectivity index (χ4n) is 5.89. The van der Waals surface area contributed by atoms with Crippen LogP contribution in [-0.4, -0.2) is 52.2 Å². The average Bonchev–Trinajstić information content (AvgIpc) is 3.61. The number of nitrogens with zero attached hydrogens (tertiary/aromatic N) is 2. The van der Waals surface area contributed by atoms with E-state index < -0.39 is 18.0 Å². The number of ether oxygens (including phenoxy) is 2. The van der Waals surface area contributed by atoms with Crippen LogP contribution in [-0.2, 0) is 20.8 Å². The van der Waals surface area contributed by atoms with Crippen LogP contribution in [0, 0.1) is 0 Å². The first kappa shape index (κ1) is 24.0. The van der Waals surface area contributed by atoms with Gasteiger partial charge in [-0.15, -0.1) is 0 Å². The van der Waals surface area contributed by atoms with Gasteiger partial charge in [-0.3, -0.25) is 19.6 Å². The van der Waals surface area contributed by atoms with Crippen LogP contribution in [0.15, 0.2) is 72.8 Å². The molecule has 0 spiro atoms. The van der Waals surface area contributed by atoms with Crippen molar-refractivity contribution < 1.29 is 29.1 Å². The van der Waals surface area contributed by atoms with Crippen molar-refractivity contribution in [2.24, 2.45) is 0 Å². The second kappa shape index (κ2) is 9.28. The maximum atomic E-state index is 14.1. The molecule has 1 fully saturated rings. The van der Waals surface area contributed by atoms with Crippen molar-refractivity contribution in [3.05, 3.63) is 95.2 Å². The zero-order chi connectivity index (χ0) is 27.4. The SMILES string of the molecule is O=C(/C=C/c1ccc(N2CC(=O)N3[C@H](c4ccc5c(c4)OCO5)c4[nH]c5ccccc5c4C[C@H]3C2=O)cc1)NO. The molecule has 4 heterocycles. The van der Waals surface area contributed by atoms with Crippen LogP contribution in [0.4, 0.5) is 5.69 Å². The van der Waals surface area contributed by atoms with Gasteiger partial charge >= 0.3 is 0 Å². The summed E-state index contributed by atoms with van der Waals surface area (Å²) in [5.74, 6) is 0.284. The number of benzene rings is 3. The summed E-state index contributed by atoms with van der Waals surface area (Å²) in [4.78, 5) is 46.0. The Labute approximate surface area is 228 Å². The average molecular weight is 537 g/mol. The topological polar surface area (TPSA) is 124 Å². The smallest absolute Gasteiger partial charge is 0.267 e. The molecule has 3 amide bonds. The molecule has 1 saturated heterocycles. The third kappa shape index (κ3) is 3.80.